The Hall–Kier alpha value is -3.26. The van der Waals surface area contributed by atoms with Gasteiger partial charge in [0.15, 0.2) is 0 Å². The molecule has 9 heteroatoms. The van der Waals surface area contributed by atoms with Crippen molar-refractivity contribution >= 4 is 33.6 Å². The van der Waals surface area contributed by atoms with Crippen LogP contribution in [0.5, 0.6) is 0 Å². The largest absolute Gasteiger partial charge is 0.335 e. The minimum atomic E-state index is -0.612. The second-order valence-electron chi connectivity index (χ2n) is 7.07. The van der Waals surface area contributed by atoms with Gasteiger partial charge in [-0.25, -0.2) is 9.49 Å². The van der Waals surface area contributed by atoms with E-state index >= 15 is 0 Å². The van der Waals surface area contributed by atoms with Crippen LogP contribution in [0.1, 0.15) is 21.6 Å². The molecule has 30 heavy (non-hydrogen) atoms. The van der Waals surface area contributed by atoms with Crippen molar-refractivity contribution in [2.24, 2.45) is 0 Å². The topological polar surface area (TPSA) is 86.4 Å². The summed E-state index contributed by atoms with van der Waals surface area (Å²) in [6.07, 6.45) is 0.326. The van der Waals surface area contributed by atoms with Crippen LogP contribution in [0.4, 0.5) is 9.18 Å². The van der Waals surface area contributed by atoms with Crippen molar-refractivity contribution in [1.82, 2.24) is 20.0 Å². The predicted octanol–water partition coefficient (Wildman–Crippen LogP) is 2.77. The molecule has 1 aliphatic rings. The van der Waals surface area contributed by atoms with E-state index in [1.807, 2.05) is 6.07 Å². The van der Waals surface area contributed by atoms with Crippen molar-refractivity contribution in [2.75, 3.05) is 26.2 Å². The number of aromatic amines is 1. The number of hydrogen-bond donors (Lipinski definition) is 1. The number of hydrogen-bond acceptors (Lipinski definition) is 4. The van der Waals surface area contributed by atoms with Gasteiger partial charge < -0.3 is 9.80 Å². The van der Waals surface area contributed by atoms with Crippen LogP contribution >= 0.6 is 11.6 Å². The van der Waals surface area contributed by atoms with Gasteiger partial charge in [0, 0.05) is 38.0 Å². The Morgan fingerprint density at radius 1 is 1.03 bits per heavy atom. The molecule has 0 bridgehead atoms. The fraction of sp³-hybridized carbons (Fsp3) is 0.238. The number of halogens is 2. The van der Waals surface area contributed by atoms with Crippen molar-refractivity contribution < 1.29 is 14.0 Å². The summed E-state index contributed by atoms with van der Waals surface area (Å²) in [5.41, 5.74) is 1.01. The number of aromatic nitrogens is 2. The lowest BCUT2D eigenvalue weighted by Crippen LogP contribution is -2.49. The molecule has 1 saturated heterocycles. The molecule has 0 spiro atoms. The molecule has 2 heterocycles. The van der Waals surface area contributed by atoms with Crippen LogP contribution in [0.15, 0.2) is 47.3 Å². The van der Waals surface area contributed by atoms with Crippen molar-refractivity contribution in [1.29, 1.82) is 0 Å². The summed E-state index contributed by atoms with van der Waals surface area (Å²) in [5.74, 6) is -1.05. The van der Waals surface area contributed by atoms with Gasteiger partial charge in [-0.15, -0.1) is 0 Å². The lowest BCUT2D eigenvalue weighted by Gasteiger charge is -2.33. The zero-order valence-electron chi connectivity index (χ0n) is 15.9. The fourth-order valence-corrected chi connectivity index (χ4v) is 3.77. The van der Waals surface area contributed by atoms with E-state index in [4.69, 9.17) is 11.6 Å². The molecule has 2 aromatic carbocycles. The third-order valence-electron chi connectivity index (χ3n) is 5.22. The molecule has 1 aliphatic heterocycles. The highest BCUT2D eigenvalue weighted by Crippen LogP contribution is 2.20. The first-order valence-corrected chi connectivity index (χ1v) is 9.80. The number of fused-ring (bicyclic) bond motifs is 1. The number of nitrogens with one attached hydrogen (secondary N) is 1. The normalized spacial score (nSPS) is 14.2. The summed E-state index contributed by atoms with van der Waals surface area (Å²) < 4.78 is 14.4. The Balaban J connectivity index is 1.59. The van der Waals surface area contributed by atoms with Gasteiger partial charge in [-0.1, -0.05) is 24.3 Å². The molecule has 0 saturated carbocycles. The Kier molecular flexibility index (Phi) is 5.50. The number of nitrogens with zero attached hydrogens (tertiary/aromatic N) is 3. The summed E-state index contributed by atoms with van der Waals surface area (Å²) in [4.78, 5) is 39.0. The van der Waals surface area contributed by atoms with E-state index in [0.717, 1.165) is 0 Å². The summed E-state index contributed by atoms with van der Waals surface area (Å²) in [6.45, 7) is 1.19. The first-order chi connectivity index (χ1) is 14.4. The molecule has 0 radical (unpaired) electrons. The van der Waals surface area contributed by atoms with Gasteiger partial charge >= 0.3 is 5.37 Å². The molecular weight excluding hydrogens is 411 g/mol. The van der Waals surface area contributed by atoms with E-state index in [1.54, 1.807) is 24.3 Å². The van der Waals surface area contributed by atoms with Gasteiger partial charge in [0.1, 0.15) is 5.82 Å². The maximum atomic E-state index is 14.4. The molecule has 0 unspecified atom stereocenters. The van der Waals surface area contributed by atoms with Gasteiger partial charge in [-0.2, -0.15) is 5.10 Å². The number of benzene rings is 2. The molecule has 1 aromatic heterocycles. The van der Waals surface area contributed by atoms with Crippen molar-refractivity contribution in [3.8, 4) is 0 Å². The maximum Gasteiger partial charge on any atom is 0.316 e. The second kappa shape index (κ2) is 8.23. The van der Waals surface area contributed by atoms with Gasteiger partial charge in [0.05, 0.1) is 16.6 Å². The van der Waals surface area contributed by atoms with Crippen molar-refractivity contribution in [3.63, 3.8) is 0 Å². The summed E-state index contributed by atoms with van der Waals surface area (Å²) in [6, 6.07) is 11.5. The van der Waals surface area contributed by atoms with E-state index in [-0.39, 0.29) is 24.2 Å². The molecule has 0 aliphatic carbocycles. The third kappa shape index (κ3) is 3.91. The SMILES string of the molecule is O=C(Cl)N1CCN(C(=O)c2cc(Cc3n[nH]c(=O)c4ccccc34)ccc2F)CC1. The van der Waals surface area contributed by atoms with Crippen LogP contribution < -0.4 is 5.56 Å². The average molecular weight is 429 g/mol. The molecule has 1 N–H and O–H groups in total. The Morgan fingerprint density at radius 2 is 1.70 bits per heavy atom. The van der Waals surface area contributed by atoms with Crippen LogP contribution in [-0.2, 0) is 6.42 Å². The number of carbonyl (C=O) groups excluding carboxylic acids is 2. The van der Waals surface area contributed by atoms with E-state index in [9.17, 15) is 18.8 Å². The van der Waals surface area contributed by atoms with Crippen LogP contribution in [0.25, 0.3) is 10.8 Å². The highest BCUT2D eigenvalue weighted by Gasteiger charge is 2.26. The lowest BCUT2D eigenvalue weighted by molar-refractivity contribution is 0.0671. The quantitative estimate of drug-likeness (QED) is 0.513. The van der Waals surface area contributed by atoms with Crippen molar-refractivity contribution in [3.05, 3.63) is 75.5 Å². The van der Waals surface area contributed by atoms with Gasteiger partial charge in [0.25, 0.3) is 11.5 Å². The fourth-order valence-electron chi connectivity index (χ4n) is 3.60. The van der Waals surface area contributed by atoms with Gasteiger partial charge in [0.2, 0.25) is 0 Å². The monoisotopic (exact) mass is 428 g/mol. The molecular formula is C21H18ClFN4O3. The van der Waals surface area contributed by atoms with Crippen LogP contribution in [0.2, 0.25) is 0 Å². The maximum absolute atomic E-state index is 14.4. The van der Waals surface area contributed by atoms with Gasteiger partial charge in [-0.05, 0) is 35.4 Å². The number of amides is 2. The zero-order chi connectivity index (χ0) is 21.3. The summed E-state index contributed by atoms with van der Waals surface area (Å²) >= 11 is 5.47. The predicted molar refractivity (Wildman–Crippen MR) is 110 cm³/mol. The van der Waals surface area contributed by atoms with E-state index in [1.165, 1.54) is 21.9 Å². The third-order valence-corrected chi connectivity index (χ3v) is 5.46. The Morgan fingerprint density at radius 3 is 2.40 bits per heavy atom. The first-order valence-electron chi connectivity index (χ1n) is 9.42. The minimum absolute atomic E-state index is 0.0353. The minimum Gasteiger partial charge on any atom is -0.335 e. The Bertz CT molecular complexity index is 1190. The van der Waals surface area contributed by atoms with Gasteiger partial charge in [-0.3, -0.25) is 14.4 Å². The highest BCUT2D eigenvalue weighted by molar-refractivity contribution is 6.62. The number of rotatable bonds is 3. The Labute approximate surface area is 176 Å². The van der Waals surface area contributed by atoms with Crippen LogP contribution in [0, 0.1) is 5.82 Å². The average Bonchev–Trinajstić information content (AvgIpc) is 2.76. The molecule has 1 fully saturated rings. The van der Waals surface area contributed by atoms with E-state index < -0.39 is 17.1 Å². The lowest BCUT2D eigenvalue weighted by atomic mass is 10.0. The molecule has 0 atom stereocenters. The highest BCUT2D eigenvalue weighted by atomic mass is 35.5. The van der Waals surface area contributed by atoms with Crippen LogP contribution in [0.3, 0.4) is 0 Å². The van der Waals surface area contributed by atoms with E-state index in [2.05, 4.69) is 10.2 Å². The number of H-pyrrole nitrogens is 1. The standard InChI is InChI=1S/C21H18ClFN4O3/c22-21(30)27-9-7-26(8-10-27)20(29)16-11-13(5-6-17(16)23)12-18-14-3-1-2-4-15(14)19(28)25-24-18/h1-6,11H,7-10,12H2,(H,25,28). The zero-order valence-corrected chi connectivity index (χ0v) is 16.7. The van der Waals surface area contributed by atoms with E-state index in [0.29, 0.717) is 41.5 Å². The smallest absolute Gasteiger partial charge is 0.316 e. The van der Waals surface area contributed by atoms with Crippen LogP contribution in [-0.4, -0.2) is 57.4 Å². The summed E-state index contributed by atoms with van der Waals surface area (Å²) in [5, 5.41) is 7.29. The summed E-state index contributed by atoms with van der Waals surface area (Å²) in [7, 11) is 0. The molecule has 4 rings (SSSR count). The molecule has 154 valence electrons. The molecule has 7 nitrogen and oxygen atoms in total. The molecule has 2 amide bonds. The number of piperazine rings is 1. The van der Waals surface area contributed by atoms with Crippen molar-refractivity contribution in [2.45, 2.75) is 6.42 Å². The first kappa shape index (κ1) is 20.0. The second-order valence-corrected chi connectivity index (χ2v) is 7.39. The molecule has 3 aromatic rings. The number of carbonyl (C=O) groups is 2.